The molecule has 4 rings (SSSR count). The molecule has 0 spiro atoms. The van der Waals surface area contributed by atoms with Crippen LogP contribution in [0.25, 0.3) is 16.9 Å². The second-order valence-corrected chi connectivity index (χ2v) is 7.65. The molecule has 4 aromatic rings. The molecule has 0 radical (unpaired) electrons. The van der Waals surface area contributed by atoms with Crippen LogP contribution in [0.2, 0.25) is 0 Å². The van der Waals surface area contributed by atoms with Crippen LogP contribution in [-0.2, 0) is 0 Å². The van der Waals surface area contributed by atoms with Crippen LogP contribution in [0.1, 0.15) is 10.4 Å². The zero-order valence-electron chi connectivity index (χ0n) is 13.8. The number of fused-ring (bicyclic) bond motifs is 1. The number of pyridine rings is 1. The van der Waals surface area contributed by atoms with E-state index in [-0.39, 0.29) is 5.56 Å². The quantitative estimate of drug-likeness (QED) is 0.389. The van der Waals surface area contributed by atoms with Gasteiger partial charge in [-0.05, 0) is 62.2 Å². The van der Waals surface area contributed by atoms with Gasteiger partial charge in [0.25, 0.3) is 5.91 Å². The van der Waals surface area contributed by atoms with Crippen molar-refractivity contribution in [1.29, 1.82) is 0 Å². The first-order valence-corrected chi connectivity index (χ1v) is 9.60. The Kier molecular flexibility index (Phi) is 4.80. The highest BCUT2D eigenvalue weighted by atomic mass is 79.9. The van der Waals surface area contributed by atoms with E-state index in [0.29, 0.717) is 5.69 Å². The van der Waals surface area contributed by atoms with Crippen molar-refractivity contribution >= 4 is 49.1 Å². The molecule has 0 aliphatic rings. The summed E-state index contributed by atoms with van der Waals surface area (Å²) in [6.45, 7) is 0. The SMILES string of the molecule is O=C(Nc1cccc(-c2cn3cc(Br)cc(Br)c3n2)c1)c1ccccc1F. The minimum absolute atomic E-state index is 0.00409. The zero-order chi connectivity index (χ0) is 19.0. The number of carbonyl (C=O) groups is 1. The van der Waals surface area contributed by atoms with Crippen LogP contribution in [0.3, 0.4) is 0 Å². The van der Waals surface area contributed by atoms with E-state index in [1.165, 1.54) is 12.1 Å². The summed E-state index contributed by atoms with van der Waals surface area (Å²) in [5.41, 5.74) is 2.96. The largest absolute Gasteiger partial charge is 0.322 e. The van der Waals surface area contributed by atoms with Crippen LogP contribution >= 0.6 is 31.9 Å². The Morgan fingerprint density at radius 1 is 1.04 bits per heavy atom. The lowest BCUT2D eigenvalue weighted by Gasteiger charge is -2.07. The van der Waals surface area contributed by atoms with Crippen molar-refractivity contribution in [2.75, 3.05) is 5.32 Å². The number of hydrogen-bond acceptors (Lipinski definition) is 2. The Labute approximate surface area is 171 Å². The summed E-state index contributed by atoms with van der Waals surface area (Å²) >= 11 is 6.97. The Balaban J connectivity index is 1.66. The maximum Gasteiger partial charge on any atom is 0.258 e. The molecule has 0 bridgehead atoms. The maximum absolute atomic E-state index is 13.8. The van der Waals surface area contributed by atoms with E-state index in [4.69, 9.17) is 0 Å². The van der Waals surface area contributed by atoms with E-state index in [1.807, 2.05) is 41.1 Å². The van der Waals surface area contributed by atoms with Gasteiger partial charge in [-0.2, -0.15) is 0 Å². The molecule has 2 aromatic heterocycles. The molecule has 2 heterocycles. The summed E-state index contributed by atoms with van der Waals surface area (Å²) in [6.07, 6.45) is 3.82. The molecule has 1 N–H and O–H groups in total. The first kappa shape index (κ1) is 17.9. The monoisotopic (exact) mass is 487 g/mol. The number of anilines is 1. The van der Waals surface area contributed by atoms with Crippen LogP contribution < -0.4 is 5.32 Å². The predicted molar refractivity (Wildman–Crippen MR) is 110 cm³/mol. The fourth-order valence-electron chi connectivity index (χ4n) is 2.76. The van der Waals surface area contributed by atoms with Crippen molar-refractivity contribution in [3.8, 4) is 11.3 Å². The maximum atomic E-state index is 13.8. The van der Waals surface area contributed by atoms with Crippen LogP contribution in [-0.4, -0.2) is 15.3 Å². The van der Waals surface area contributed by atoms with Gasteiger partial charge >= 0.3 is 0 Å². The lowest BCUT2D eigenvalue weighted by atomic mass is 10.1. The van der Waals surface area contributed by atoms with E-state index in [0.717, 1.165) is 25.8 Å². The second kappa shape index (κ2) is 7.25. The van der Waals surface area contributed by atoms with Crippen molar-refractivity contribution in [1.82, 2.24) is 9.38 Å². The Bertz CT molecular complexity index is 1170. The van der Waals surface area contributed by atoms with Gasteiger partial charge in [-0.25, -0.2) is 9.37 Å². The fraction of sp³-hybridized carbons (Fsp3) is 0. The third kappa shape index (κ3) is 3.65. The molecule has 0 fully saturated rings. The lowest BCUT2D eigenvalue weighted by Crippen LogP contribution is -2.13. The number of nitrogens with one attached hydrogen (secondary N) is 1. The van der Waals surface area contributed by atoms with E-state index in [2.05, 4.69) is 42.2 Å². The van der Waals surface area contributed by atoms with Gasteiger partial charge in [0.05, 0.1) is 15.7 Å². The molecular formula is C20H12Br2FN3O. The van der Waals surface area contributed by atoms with Crippen LogP contribution in [0.15, 0.2) is 75.9 Å². The highest BCUT2D eigenvalue weighted by molar-refractivity contribution is 9.11. The van der Waals surface area contributed by atoms with E-state index in [9.17, 15) is 9.18 Å². The molecule has 134 valence electrons. The Hall–Kier alpha value is -2.51. The average Bonchev–Trinajstić information content (AvgIpc) is 3.06. The third-order valence-electron chi connectivity index (χ3n) is 4.01. The number of amides is 1. The normalized spacial score (nSPS) is 10.9. The van der Waals surface area contributed by atoms with Crippen molar-refractivity contribution < 1.29 is 9.18 Å². The first-order valence-electron chi connectivity index (χ1n) is 8.01. The van der Waals surface area contributed by atoms with Gasteiger partial charge < -0.3 is 9.72 Å². The molecule has 0 aliphatic heterocycles. The number of aromatic nitrogens is 2. The van der Waals surface area contributed by atoms with Gasteiger partial charge in [0.1, 0.15) is 5.82 Å². The molecule has 4 nitrogen and oxygen atoms in total. The second-order valence-electron chi connectivity index (χ2n) is 5.88. The van der Waals surface area contributed by atoms with E-state index in [1.54, 1.807) is 18.2 Å². The molecule has 27 heavy (non-hydrogen) atoms. The molecule has 0 aliphatic carbocycles. The fourth-order valence-corrected chi connectivity index (χ4v) is 4.06. The van der Waals surface area contributed by atoms with Crippen molar-refractivity contribution in [3.63, 3.8) is 0 Å². The summed E-state index contributed by atoms with van der Waals surface area (Å²) in [7, 11) is 0. The van der Waals surface area contributed by atoms with Gasteiger partial charge in [0, 0.05) is 28.1 Å². The van der Waals surface area contributed by atoms with Gasteiger partial charge in [0.2, 0.25) is 0 Å². The molecule has 7 heteroatoms. The molecule has 0 unspecified atom stereocenters. The van der Waals surface area contributed by atoms with Gasteiger partial charge in [-0.15, -0.1) is 0 Å². The standard InChI is InChI=1S/C20H12Br2FN3O/c21-13-9-16(22)19-25-18(11-26(19)10-13)12-4-3-5-14(8-12)24-20(27)15-6-1-2-7-17(15)23/h1-11H,(H,24,27). The number of hydrogen-bond donors (Lipinski definition) is 1. The number of benzene rings is 2. The zero-order valence-corrected chi connectivity index (χ0v) is 17.0. The van der Waals surface area contributed by atoms with Crippen LogP contribution in [0.4, 0.5) is 10.1 Å². The van der Waals surface area contributed by atoms with E-state index >= 15 is 0 Å². The summed E-state index contributed by atoms with van der Waals surface area (Å²) in [5, 5.41) is 2.73. The van der Waals surface area contributed by atoms with Crippen molar-refractivity contribution in [2.45, 2.75) is 0 Å². The highest BCUT2D eigenvalue weighted by Crippen LogP contribution is 2.27. The summed E-state index contributed by atoms with van der Waals surface area (Å²) in [5.74, 6) is -1.05. The Morgan fingerprint density at radius 3 is 2.67 bits per heavy atom. The molecule has 1 amide bonds. The smallest absolute Gasteiger partial charge is 0.258 e. The summed E-state index contributed by atoms with van der Waals surface area (Å²) < 4.78 is 17.5. The molecule has 0 saturated carbocycles. The number of rotatable bonds is 3. The van der Waals surface area contributed by atoms with Gasteiger partial charge in [-0.1, -0.05) is 24.3 Å². The van der Waals surface area contributed by atoms with Crippen molar-refractivity contribution in [2.24, 2.45) is 0 Å². The lowest BCUT2D eigenvalue weighted by molar-refractivity contribution is 0.102. The molecule has 2 aromatic carbocycles. The Morgan fingerprint density at radius 2 is 1.85 bits per heavy atom. The number of carbonyl (C=O) groups excluding carboxylic acids is 1. The minimum atomic E-state index is -0.554. The number of nitrogens with zero attached hydrogens (tertiary/aromatic N) is 2. The number of halogens is 3. The van der Waals surface area contributed by atoms with Crippen molar-refractivity contribution in [3.05, 3.63) is 87.3 Å². The number of imidazole rings is 1. The summed E-state index contributed by atoms with van der Waals surface area (Å²) in [6, 6.07) is 15.1. The third-order valence-corrected chi connectivity index (χ3v) is 5.02. The predicted octanol–water partition coefficient (Wildman–Crippen LogP) is 5.92. The minimum Gasteiger partial charge on any atom is -0.322 e. The topological polar surface area (TPSA) is 46.4 Å². The van der Waals surface area contributed by atoms with Crippen LogP contribution in [0, 0.1) is 5.82 Å². The first-order chi connectivity index (χ1) is 13.0. The molecular weight excluding hydrogens is 477 g/mol. The van der Waals surface area contributed by atoms with E-state index < -0.39 is 11.7 Å². The molecule has 0 atom stereocenters. The highest BCUT2D eigenvalue weighted by Gasteiger charge is 2.12. The summed E-state index contributed by atoms with van der Waals surface area (Å²) in [4.78, 5) is 17.0. The van der Waals surface area contributed by atoms with Gasteiger partial charge in [0.15, 0.2) is 5.65 Å². The van der Waals surface area contributed by atoms with Crippen LogP contribution in [0.5, 0.6) is 0 Å². The van der Waals surface area contributed by atoms with Gasteiger partial charge in [-0.3, -0.25) is 4.79 Å². The molecule has 0 saturated heterocycles. The average molecular weight is 489 g/mol.